The van der Waals surface area contributed by atoms with E-state index in [1.807, 2.05) is 19.3 Å². The molecular formula is C18H19N7O. The number of primary amides is 1. The molecule has 0 spiro atoms. The summed E-state index contributed by atoms with van der Waals surface area (Å²) in [7, 11) is 1.87. The Morgan fingerprint density at radius 2 is 2.23 bits per heavy atom. The highest BCUT2D eigenvalue weighted by Crippen LogP contribution is 2.45. The van der Waals surface area contributed by atoms with Crippen molar-refractivity contribution < 1.29 is 4.79 Å². The molecule has 0 saturated heterocycles. The monoisotopic (exact) mass is 349 g/mol. The van der Waals surface area contributed by atoms with E-state index in [0.29, 0.717) is 17.4 Å². The number of nitrogens with one attached hydrogen (secondary N) is 2. The van der Waals surface area contributed by atoms with Gasteiger partial charge in [-0.05, 0) is 24.3 Å². The van der Waals surface area contributed by atoms with Gasteiger partial charge in [0.2, 0.25) is 5.91 Å². The number of amides is 1. The summed E-state index contributed by atoms with van der Waals surface area (Å²) in [5, 5.41) is 7.72. The Balaban J connectivity index is 1.52. The molecule has 2 aliphatic carbocycles. The van der Waals surface area contributed by atoms with Gasteiger partial charge < -0.3 is 16.0 Å². The summed E-state index contributed by atoms with van der Waals surface area (Å²) in [6.45, 7) is 0. The number of allylic oxidation sites excluding steroid dienone is 1. The highest BCUT2D eigenvalue weighted by atomic mass is 16.1. The first kappa shape index (κ1) is 15.1. The third kappa shape index (κ3) is 2.22. The van der Waals surface area contributed by atoms with Gasteiger partial charge in [0.15, 0.2) is 5.65 Å². The van der Waals surface area contributed by atoms with Gasteiger partial charge in [-0.1, -0.05) is 12.2 Å². The van der Waals surface area contributed by atoms with Crippen LogP contribution < -0.4 is 11.1 Å². The van der Waals surface area contributed by atoms with Crippen molar-refractivity contribution in [3.8, 4) is 11.4 Å². The zero-order chi connectivity index (χ0) is 17.8. The first-order valence-corrected chi connectivity index (χ1v) is 8.68. The Bertz CT molecular complexity index is 1030. The van der Waals surface area contributed by atoms with Gasteiger partial charge in [0.1, 0.15) is 11.3 Å². The minimum absolute atomic E-state index is 0.00163. The standard InChI is InChI=1S/C18H19N7O/c1-25-8-11(7-21-25)17-23-15-12(4-5-20-18(15)24-17)22-14-10-3-2-9(6-10)13(14)16(19)26/h2-5,7-10,13-14H,6H2,1H3,(H2,19,26)(H2,20,22,23,24)/t9-,10-,13+,14-/m1/s1. The van der Waals surface area contributed by atoms with Crippen molar-refractivity contribution in [3.05, 3.63) is 36.8 Å². The second-order valence-electron chi connectivity index (χ2n) is 7.09. The van der Waals surface area contributed by atoms with Crippen LogP contribution in [-0.2, 0) is 11.8 Å². The number of imidazole rings is 1. The van der Waals surface area contributed by atoms with Gasteiger partial charge in [-0.3, -0.25) is 9.48 Å². The summed E-state index contributed by atoms with van der Waals surface area (Å²) in [6, 6.07) is 1.90. The number of nitrogens with two attached hydrogens (primary N) is 1. The molecule has 26 heavy (non-hydrogen) atoms. The number of carbonyl (C=O) groups is 1. The maximum absolute atomic E-state index is 12.0. The number of hydrogen-bond donors (Lipinski definition) is 3. The second-order valence-corrected chi connectivity index (χ2v) is 7.09. The zero-order valence-corrected chi connectivity index (χ0v) is 14.3. The second kappa shape index (κ2) is 5.42. The Labute approximate surface area is 149 Å². The van der Waals surface area contributed by atoms with Gasteiger partial charge in [0.05, 0.1) is 23.4 Å². The molecule has 1 amide bonds. The molecule has 8 heteroatoms. The summed E-state index contributed by atoms with van der Waals surface area (Å²) >= 11 is 0. The lowest BCUT2D eigenvalue weighted by molar-refractivity contribution is -0.122. The summed E-state index contributed by atoms with van der Waals surface area (Å²) in [4.78, 5) is 24.2. The molecule has 4 atom stereocenters. The van der Waals surface area contributed by atoms with Crippen LogP contribution in [0.15, 0.2) is 36.8 Å². The van der Waals surface area contributed by atoms with Crippen molar-refractivity contribution in [2.24, 2.45) is 30.5 Å². The molecule has 0 aromatic carbocycles. The van der Waals surface area contributed by atoms with E-state index >= 15 is 0 Å². The lowest BCUT2D eigenvalue weighted by atomic mass is 9.88. The number of pyridine rings is 1. The fraction of sp³-hybridized carbons (Fsp3) is 0.333. The van der Waals surface area contributed by atoms with Crippen LogP contribution in [0.4, 0.5) is 5.69 Å². The van der Waals surface area contributed by atoms with Gasteiger partial charge in [-0.25, -0.2) is 9.97 Å². The Morgan fingerprint density at radius 3 is 3.00 bits per heavy atom. The van der Waals surface area contributed by atoms with E-state index in [9.17, 15) is 4.79 Å². The third-order valence-electron chi connectivity index (χ3n) is 5.48. The molecule has 0 unspecified atom stereocenters. The minimum atomic E-state index is -0.245. The van der Waals surface area contributed by atoms with Crippen LogP contribution in [-0.4, -0.2) is 36.7 Å². The van der Waals surface area contributed by atoms with Crippen LogP contribution in [0.25, 0.3) is 22.6 Å². The minimum Gasteiger partial charge on any atom is -0.379 e. The van der Waals surface area contributed by atoms with Crippen molar-refractivity contribution in [2.75, 3.05) is 5.32 Å². The molecule has 3 aromatic rings. The molecular weight excluding hydrogens is 330 g/mol. The van der Waals surface area contributed by atoms with Crippen molar-refractivity contribution >= 4 is 22.8 Å². The molecule has 1 saturated carbocycles. The normalized spacial score (nSPS) is 26.7. The van der Waals surface area contributed by atoms with E-state index in [0.717, 1.165) is 23.2 Å². The molecule has 5 rings (SSSR count). The van der Waals surface area contributed by atoms with E-state index in [1.54, 1.807) is 17.1 Å². The average Bonchev–Trinajstić information content (AvgIpc) is 3.37. The van der Waals surface area contributed by atoms with Crippen LogP contribution >= 0.6 is 0 Å². The van der Waals surface area contributed by atoms with Crippen molar-refractivity contribution in [3.63, 3.8) is 0 Å². The SMILES string of the molecule is Cn1cc(-c2nc3nccc(N[C@H]4[C@@H](C(N)=O)[C@@H]5C=C[C@@H]4C5)c3[nH]2)cn1. The van der Waals surface area contributed by atoms with Crippen LogP contribution in [0.3, 0.4) is 0 Å². The number of aromatic amines is 1. The number of hydrogen-bond acceptors (Lipinski definition) is 5. The molecule has 132 valence electrons. The number of nitrogens with zero attached hydrogens (tertiary/aromatic N) is 4. The Hall–Kier alpha value is -3.16. The number of aryl methyl sites for hydroxylation is 1. The van der Waals surface area contributed by atoms with Crippen molar-refractivity contribution in [1.29, 1.82) is 0 Å². The van der Waals surface area contributed by atoms with E-state index < -0.39 is 0 Å². The molecule has 8 nitrogen and oxygen atoms in total. The molecule has 3 aromatic heterocycles. The Morgan fingerprint density at radius 1 is 1.38 bits per heavy atom. The summed E-state index contributed by atoms with van der Waals surface area (Å²) in [5.41, 5.74) is 8.90. The number of H-pyrrole nitrogens is 1. The van der Waals surface area contributed by atoms with Crippen LogP contribution in [0.5, 0.6) is 0 Å². The van der Waals surface area contributed by atoms with Crippen molar-refractivity contribution in [1.82, 2.24) is 24.7 Å². The largest absolute Gasteiger partial charge is 0.379 e. The van der Waals surface area contributed by atoms with Gasteiger partial charge in [0.25, 0.3) is 0 Å². The number of fused-ring (bicyclic) bond motifs is 3. The maximum atomic E-state index is 12.0. The predicted molar refractivity (Wildman–Crippen MR) is 96.9 cm³/mol. The molecule has 3 heterocycles. The first-order valence-electron chi connectivity index (χ1n) is 8.68. The van der Waals surface area contributed by atoms with Gasteiger partial charge in [-0.15, -0.1) is 0 Å². The first-order chi connectivity index (χ1) is 12.6. The topological polar surface area (TPSA) is 115 Å². The summed E-state index contributed by atoms with van der Waals surface area (Å²) < 4.78 is 1.73. The van der Waals surface area contributed by atoms with Crippen LogP contribution in [0.1, 0.15) is 6.42 Å². The molecule has 2 bridgehead atoms. The fourth-order valence-corrected chi connectivity index (χ4v) is 4.30. The predicted octanol–water partition coefficient (Wildman–Crippen LogP) is 1.45. The zero-order valence-electron chi connectivity index (χ0n) is 14.3. The van der Waals surface area contributed by atoms with Crippen molar-refractivity contribution in [2.45, 2.75) is 12.5 Å². The van der Waals surface area contributed by atoms with Gasteiger partial charge in [0, 0.05) is 25.5 Å². The molecule has 1 fully saturated rings. The lowest BCUT2D eigenvalue weighted by Gasteiger charge is -2.27. The summed E-state index contributed by atoms with van der Waals surface area (Å²) in [6.07, 6.45) is 10.7. The maximum Gasteiger partial charge on any atom is 0.223 e. The van der Waals surface area contributed by atoms with E-state index in [1.165, 1.54) is 0 Å². The van der Waals surface area contributed by atoms with E-state index in [4.69, 9.17) is 5.73 Å². The smallest absolute Gasteiger partial charge is 0.223 e. The van der Waals surface area contributed by atoms with Gasteiger partial charge >= 0.3 is 0 Å². The molecule has 0 aliphatic heterocycles. The van der Waals surface area contributed by atoms with Crippen LogP contribution in [0.2, 0.25) is 0 Å². The highest BCUT2D eigenvalue weighted by molar-refractivity contribution is 5.88. The Kier molecular flexibility index (Phi) is 3.15. The van der Waals surface area contributed by atoms with E-state index in [-0.39, 0.29) is 23.8 Å². The summed E-state index contributed by atoms with van der Waals surface area (Å²) in [5.74, 6) is 0.842. The highest BCUT2D eigenvalue weighted by Gasteiger charge is 2.47. The van der Waals surface area contributed by atoms with E-state index in [2.05, 4.69) is 37.5 Å². The average molecular weight is 349 g/mol. The number of carbonyl (C=O) groups excluding carboxylic acids is 1. The van der Waals surface area contributed by atoms with Gasteiger partial charge in [-0.2, -0.15) is 5.10 Å². The number of aromatic nitrogens is 5. The quantitative estimate of drug-likeness (QED) is 0.617. The molecule has 2 aliphatic rings. The molecule has 0 radical (unpaired) electrons. The lowest BCUT2D eigenvalue weighted by Crippen LogP contribution is -2.41. The number of rotatable bonds is 4. The van der Waals surface area contributed by atoms with Crippen LogP contribution in [0, 0.1) is 17.8 Å². The third-order valence-corrected chi connectivity index (χ3v) is 5.48. The fourth-order valence-electron chi connectivity index (χ4n) is 4.30. The molecule has 4 N–H and O–H groups in total. The number of anilines is 1.